The summed E-state index contributed by atoms with van der Waals surface area (Å²) in [5.74, 6) is -3.62. The van der Waals surface area contributed by atoms with E-state index in [1.54, 1.807) is 0 Å². The average molecular weight is 1640 g/mol. The van der Waals surface area contributed by atoms with Gasteiger partial charge in [0.1, 0.15) is 219 Å². The molecule has 29 N–H and O–H groups in total. The number of amides is 4. The lowest BCUT2D eigenvalue weighted by molar-refractivity contribution is -0.399. The maximum Gasteiger partial charge on any atom is 0.217 e. The minimum atomic E-state index is -2.57. The van der Waals surface area contributed by atoms with E-state index in [2.05, 4.69) is 21.3 Å². The van der Waals surface area contributed by atoms with E-state index in [0.717, 1.165) is 27.7 Å². The first kappa shape index (κ1) is 92.1. The van der Waals surface area contributed by atoms with Crippen LogP contribution in [0.1, 0.15) is 27.7 Å². The van der Waals surface area contributed by atoms with Crippen molar-refractivity contribution in [3.8, 4) is 0 Å². The molecule has 0 spiro atoms. The topological polar surface area (TPSA) is 779 Å². The van der Waals surface area contributed by atoms with E-state index < -0.39 is 359 Å². The number of hydrogen-bond donors (Lipinski definition) is 29. The van der Waals surface area contributed by atoms with Gasteiger partial charge < -0.3 is 229 Å². The van der Waals surface area contributed by atoms with Gasteiger partial charge in [-0.05, 0) is 0 Å². The Hall–Kier alpha value is -3.80. The van der Waals surface area contributed by atoms with E-state index in [-0.39, 0.29) is 0 Å². The van der Waals surface area contributed by atoms with Crippen LogP contribution in [0, 0.1) is 0 Å². The van der Waals surface area contributed by atoms with Crippen molar-refractivity contribution >= 4 is 23.6 Å². The number of ether oxygens (including phenoxy) is 17. The fourth-order valence-corrected chi connectivity index (χ4v) is 14.5. The van der Waals surface area contributed by atoms with E-state index in [4.69, 9.17) is 80.5 Å². The van der Waals surface area contributed by atoms with Crippen molar-refractivity contribution in [2.75, 3.05) is 59.5 Å². The first-order chi connectivity index (χ1) is 53.0. The van der Waals surface area contributed by atoms with Gasteiger partial charge in [0.05, 0.1) is 59.5 Å². The Bertz CT molecular complexity index is 2970. The summed E-state index contributed by atoms with van der Waals surface area (Å²) in [5, 5.41) is 286. The van der Waals surface area contributed by atoms with E-state index in [1.165, 1.54) is 0 Å². The maximum absolute atomic E-state index is 13.0. The Labute approximate surface area is 634 Å². The Morgan fingerprint density at radius 1 is 0.232 bits per heavy atom. The lowest BCUT2D eigenvalue weighted by Crippen LogP contribution is -2.71. The van der Waals surface area contributed by atoms with Crippen molar-refractivity contribution in [3.63, 3.8) is 0 Å². The predicted molar refractivity (Wildman–Crippen MR) is 343 cm³/mol. The second-order valence-corrected chi connectivity index (χ2v) is 28.2. The van der Waals surface area contributed by atoms with Crippen LogP contribution in [0.4, 0.5) is 0 Å². The van der Waals surface area contributed by atoms with Crippen molar-refractivity contribution in [1.29, 1.82) is 0 Å². The molecule has 0 aromatic heterocycles. The highest BCUT2D eigenvalue weighted by molar-refractivity contribution is 5.74. The zero-order chi connectivity index (χ0) is 82.5. The summed E-state index contributed by atoms with van der Waals surface area (Å²) in [6.07, 6.45) is -85.1. The molecular weight excluding hydrogens is 1540 g/mol. The molecule has 0 aliphatic carbocycles. The van der Waals surface area contributed by atoms with Crippen molar-refractivity contribution in [2.24, 2.45) is 0 Å². The van der Waals surface area contributed by atoms with E-state index in [0.29, 0.717) is 0 Å². The Balaban J connectivity index is 1.05. The second-order valence-electron chi connectivity index (χ2n) is 28.2. The smallest absolute Gasteiger partial charge is 0.217 e. The van der Waals surface area contributed by atoms with Crippen molar-refractivity contribution < 1.29 is 227 Å². The highest BCUT2D eigenvalue weighted by atomic mass is 16.8. The molecule has 0 aromatic carbocycles. The van der Waals surface area contributed by atoms with Gasteiger partial charge in [0, 0.05) is 27.7 Å². The van der Waals surface area contributed by atoms with Crippen LogP contribution in [0.3, 0.4) is 0 Å². The van der Waals surface area contributed by atoms with Gasteiger partial charge in [-0.2, -0.15) is 0 Å². The summed E-state index contributed by atoms with van der Waals surface area (Å²) >= 11 is 0. The number of hydrogen-bond acceptors (Lipinski definition) is 46. The van der Waals surface area contributed by atoms with Gasteiger partial charge in [-0.1, -0.05) is 0 Å². The molecule has 9 aliphatic rings. The highest BCUT2D eigenvalue weighted by Crippen LogP contribution is 2.40. The molecule has 0 saturated carbocycles. The number of rotatable bonds is 29. The van der Waals surface area contributed by atoms with Crippen LogP contribution in [-0.4, -0.2) is 487 Å². The Morgan fingerprint density at radius 2 is 0.482 bits per heavy atom. The van der Waals surface area contributed by atoms with Crippen LogP contribution in [0.2, 0.25) is 0 Å². The van der Waals surface area contributed by atoms with Gasteiger partial charge in [-0.3, -0.25) is 19.2 Å². The Morgan fingerprint density at radius 3 is 0.830 bits per heavy atom. The summed E-state index contributed by atoms with van der Waals surface area (Å²) < 4.78 is 101. The minimum absolute atomic E-state index is 0.788. The zero-order valence-corrected chi connectivity index (χ0v) is 60.1. The van der Waals surface area contributed by atoms with Gasteiger partial charge in [0.25, 0.3) is 0 Å². The summed E-state index contributed by atoms with van der Waals surface area (Å²) in [5.41, 5.74) is 0. The SMILES string of the molecule is CC(=O)N[C@@H]1[C@@H](O)[C@H](O[C@@H]2O[C@H](CO)[C@@H](O[C@@H]3O[C@H](CO[C@@H]4O[C@@H](CO)[C@H](O)[C@@H](O)[C@H]4O[C@@H]4O[C@H](CO)[C@@H](O[C@@H]5O[C@H](CO)[C@H](O)[C@H](O)[C@H]5O)[C@H](O)[C@H]4NC(C)=O)[C@@H](O)[C@H](O[C@@H]4O[C@@H](CO)[C@H](O)[C@@H](O)[C@H]4O[C@@H]4O[C@H](CO)[C@@H](O[C@@H]5O[C@H](CO)[C@H](O)[C@H](O)[C@H]5O)[C@H](O)[C@H]4NC(C)=O)[C@@H]3O)[C@H](O)[C@H]2NC(C)=O)[C@@H](CO)O[C@H]1O. The quantitative estimate of drug-likeness (QED) is 0.0331. The van der Waals surface area contributed by atoms with Crippen molar-refractivity contribution in [3.05, 3.63) is 0 Å². The molecule has 9 fully saturated rings. The fourth-order valence-electron chi connectivity index (χ4n) is 14.5. The molecule has 50 heteroatoms. The van der Waals surface area contributed by atoms with Gasteiger partial charge in [0.2, 0.25) is 23.6 Å². The largest absolute Gasteiger partial charge is 0.394 e. The minimum Gasteiger partial charge on any atom is -0.394 e. The molecule has 0 radical (unpaired) electrons. The number of carbonyl (C=O) groups excluding carboxylic acids is 4. The van der Waals surface area contributed by atoms with Crippen LogP contribution in [-0.2, 0) is 99.7 Å². The summed E-state index contributed by atoms with van der Waals surface area (Å²) in [6, 6.07) is -7.42. The standard InChI is InChI=1S/C62H104N4O46/c1-14(75)63-27-36(84)47(22(9-71)97-54(27)95)106-55-28(64-15(2)76)37(85)50(25(12-74)102-55)109-60-46(94)51(110-62-53(43(91)34(82)21(8-70)101-62)112-57-30(66-17(4)78)39(87)49(24(11-73)104-57)108-59-45(93)41(89)32(80)19(6-68)99-59)35(83)26(105-60)13-96-61-52(42(90)33(81)20(7-69)100-61)111-56-29(65-16(3)77)38(86)48(23(10-72)103-56)107-58-44(92)40(88)31(79)18(5-67)98-58/h18-62,67-74,79-95H,5-13H2,1-4H3,(H,63,75)(H,64,76)(H,65,77)(H,66,78)/t18-,19-,20+,21+,22-,23-,24-,25-,26-,27-,28-,29-,30-,31+,32+,33+,34+,35-,36-,37-,38-,39-,40+,41+,42-,43-,44-,45-,46+,47-,48-,49-,50-,51+,52-,53-,54-,55+,56+,57+,58+,59+,60+,61-,62+/m1/s1. The third-order valence-electron chi connectivity index (χ3n) is 20.4. The second kappa shape index (κ2) is 40.3. The molecule has 648 valence electrons. The van der Waals surface area contributed by atoms with E-state index in [9.17, 15) is 147 Å². The third kappa shape index (κ3) is 20.2. The highest BCUT2D eigenvalue weighted by Gasteiger charge is 2.61. The molecule has 9 heterocycles. The first-order valence-corrected chi connectivity index (χ1v) is 35.6. The van der Waals surface area contributed by atoms with Crippen LogP contribution < -0.4 is 21.3 Å². The fraction of sp³-hybridized carbons (Fsp3) is 0.935. The molecule has 9 rings (SSSR count). The van der Waals surface area contributed by atoms with Crippen LogP contribution in [0.5, 0.6) is 0 Å². The average Bonchev–Trinajstić information content (AvgIpc) is 0.966. The summed E-state index contributed by atoms with van der Waals surface area (Å²) in [7, 11) is 0. The van der Waals surface area contributed by atoms with Gasteiger partial charge >= 0.3 is 0 Å². The molecule has 0 unspecified atom stereocenters. The van der Waals surface area contributed by atoms with Crippen molar-refractivity contribution in [2.45, 2.75) is 304 Å². The van der Waals surface area contributed by atoms with E-state index in [1.807, 2.05) is 0 Å². The van der Waals surface area contributed by atoms with Crippen LogP contribution in [0.15, 0.2) is 0 Å². The molecule has 0 aromatic rings. The van der Waals surface area contributed by atoms with Gasteiger partial charge in [-0.15, -0.1) is 0 Å². The lowest BCUT2D eigenvalue weighted by atomic mass is 9.93. The molecule has 112 heavy (non-hydrogen) atoms. The Kier molecular flexibility index (Phi) is 33.1. The number of aliphatic hydroxyl groups is 25. The molecular formula is C62H104N4O46. The normalized spacial score (nSPS) is 48.9. The zero-order valence-electron chi connectivity index (χ0n) is 60.1. The molecule has 50 nitrogen and oxygen atoms in total. The predicted octanol–water partition coefficient (Wildman–Crippen LogP) is -20.1. The molecule has 45 atom stereocenters. The summed E-state index contributed by atoms with van der Waals surface area (Å²) in [4.78, 5) is 50.9. The lowest BCUT2D eigenvalue weighted by Gasteiger charge is -2.51. The number of aliphatic hydroxyl groups excluding tert-OH is 25. The van der Waals surface area contributed by atoms with Crippen LogP contribution in [0.25, 0.3) is 0 Å². The van der Waals surface area contributed by atoms with Crippen LogP contribution >= 0.6 is 0 Å². The molecule has 9 aliphatic heterocycles. The molecule has 9 saturated heterocycles. The van der Waals surface area contributed by atoms with Crippen molar-refractivity contribution in [1.82, 2.24) is 21.3 Å². The third-order valence-corrected chi connectivity index (χ3v) is 20.4. The summed E-state index contributed by atoms with van der Waals surface area (Å²) in [6.45, 7) is -6.01. The van der Waals surface area contributed by atoms with Gasteiger partial charge in [-0.25, -0.2) is 0 Å². The monoisotopic (exact) mass is 1640 g/mol. The van der Waals surface area contributed by atoms with E-state index >= 15 is 0 Å². The maximum atomic E-state index is 13.0. The van der Waals surface area contributed by atoms with Gasteiger partial charge in [0.15, 0.2) is 56.6 Å². The number of carbonyl (C=O) groups is 4. The first-order valence-electron chi connectivity index (χ1n) is 35.6. The number of nitrogens with one attached hydrogen (secondary N) is 4. The molecule has 0 bridgehead atoms. The molecule has 4 amide bonds.